The summed E-state index contributed by atoms with van der Waals surface area (Å²) in [6.45, 7) is 6.83. The maximum Gasteiger partial charge on any atom is 0.253 e. The van der Waals surface area contributed by atoms with Crippen molar-refractivity contribution in [3.05, 3.63) is 29.3 Å². The number of hydrogen-bond donors (Lipinski definition) is 1. The highest BCUT2D eigenvalue weighted by atomic mass is 33.1. The number of rotatable bonds is 0. The molecule has 2 aliphatic heterocycles. The molecule has 0 aliphatic carbocycles. The van der Waals surface area contributed by atoms with Crippen molar-refractivity contribution in [2.24, 2.45) is 0 Å². The average molecular weight is 297 g/mol. The molecule has 2 atom stereocenters. The zero-order valence-corrected chi connectivity index (χ0v) is 13.6. The van der Waals surface area contributed by atoms with E-state index in [-0.39, 0.29) is 5.54 Å². The van der Waals surface area contributed by atoms with Gasteiger partial charge in [0.1, 0.15) is 0 Å². The van der Waals surface area contributed by atoms with E-state index < -0.39 is 0 Å². The Morgan fingerprint density at radius 2 is 2.11 bits per heavy atom. The summed E-state index contributed by atoms with van der Waals surface area (Å²) in [5.41, 5.74) is 4.32. The molecule has 0 bridgehead atoms. The molecule has 1 aromatic rings. The van der Waals surface area contributed by atoms with E-state index in [1.54, 1.807) is 4.20 Å². The lowest BCUT2D eigenvalue weighted by Gasteiger charge is -2.41. The van der Waals surface area contributed by atoms with Crippen LogP contribution < -0.4 is 5.32 Å². The number of aryl methyl sites for hydroxylation is 1. The molecule has 1 N–H and O–H groups in total. The van der Waals surface area contributed by atoms with Crippen LogP contribution in [0.15, 0.2) is 18.2 Å². The zero-order chi connectivity index (χ0) is 12.9. The Morgan fingerprint density at radius 1 is 1.33 bits per heavy atom. The molecule has 4 heteroatoms. The maximum atomic E-state index is 3.72. The molecule has 1 nitrogen and oxygen atoms in total. The van der Waals surface area contributed by atoms with Gasteiger partial charge in [0.25, 0.3) is 4.20 Å². The Labute approximate surface area is 121 Å². The lowest BCUT2D eigenvalue weighted by Crippen LogP contribution is -2.48. The van der Waals surface area contributed by atoms with Gasteiger partial charge in [0.05, 0.1) is 11.2 Å². The number of anilines is 1. The Bertz CT molecular complexity index is 522. The van der Waals surface area contributed by atoms with Gasteiger partial charge in [-0.2, -0.15) is 0 Å². The molecule has 18 heavy (non-hydrogen) atoms. The van der Waals surface area contributed by atoms with E-state index >= 15 is 0 Å². The van der Waals surface area contributed by atoms with Crippen molar-refractivity contribution in [3.63, 3.8) is 0 Å². The molecule has 0 saturated carbocycles. The molecular formula is C14H18NS3+. The molecular weight excluding hydrogens is 278 g/mol. The fourth-order valence-electron chi connectivity index (χ4n) is 2.79. The fourth-order valence-corrected chi connectivity index (χ4v) is 7.94. The third-order valence-corrected chi connectivity index (χ3v) is 8.46. The van der Waals surface area contributed by atoms with E-state index in [9.17, 15) is 0 Å². The highest BCUT2D eigenvalue weighted by molar-refractivity contribution is 8.84. The van der Waals surface area contributed by atoms with Crippen LogP contribution in [0.4, 0.5) is 5.69 Å². The number of benzene rings is 1. The molecule has 96 valence electrons. The molecule has 0 unspecified atom stereocenters. The molecule has 1 saturated heterocycles. The quantitative estimate of drug-likeness (QED) is 0.443. The third kappa shape index (κ3) is 1.89. The number of nitrogens with one attached hydrogen (secondary N) is 1. The smallest absolute Gasteiger partial charge is 0.253 e. The van der Waals surface area contributed by atoms with Crippen molar-refractivity contribution in [3.8, 4) is 0 Å². The predicted octanol–water partition coefficient (Wildman–Crippen LogP) is 3.89. The minimum absolute atomic E-state index is 0.155. The summed E-state index contributed by atoms with van der Waals surface area (Å²) in [5.74, 6) is 0.584. The first-order valence-electron chi connectivity index (χ1n) is 6.16. The summed E-state index contributed by atoms with van der Waals surface area (Å²) in [6.07, 6.45) is 2.20. The van der Waals surface area contributed by atoms with Crippen LogP contribution in [-0.4, -0.2) is 21.2 Å². The van der Waals surface area contributed by atoms with E-state index in [2.05, 4.69) is 50.5 Å². The van der Waals surface area contributed by atoms with Crippen LogP contribution in [0, 0.1) is 6.92 Å². The van der Waals surface area contributed by atoms with Crippen molar-refractivity contribution in [1.29, 1.82) is 0 Å². The molecule has 3 rings (SSSR count). The first kappa shape index (κ1) is 12.8. The van der Waals surface area contributed by atoms with Gasteiger partial charge in [0, 0.05) is 22.0 Å². The Hall–Kier alpha value is -0.190. The van der Waals surface area contributed by atoms with E-state index in [1.165, 1.54) is 16.8 Å². The van der Waals surface area contributed by atoms with Crippen LogP contribution in [0.3, 0.4) is 0 Å². The van der Waals surface area contributed by atoms with Gasteiger partial charge in [-0.15, -0.1) is 0 Å². The molecule has 1 fully saturated rings. The summed E-state index contributed by atoms with van der Waals surface area (Å²) in [5, 5.41) is 4.35. The van der Waals surface area contributed by atoms with Gasteiger partial charge >= 0.3 is 0 Å². The maximum absolute atomic E-state index is 3.72. The van der Waals surface area contributed by atoms with Gasteiger partial charge in [-0.3, -0.25) is 0 Å². The monoisotopic (exact) mass is 296 g/mol. The van der Waals surface area contributed by atoms with Crippen LogP contribution >= 0.6 is 21.6 Å². The van der Waals surface area contributed by atoms with Gasteiger partial charge in [-0.05, 0) is 32.4 Å². The second-order valence-corrected chi connectivity index (χ2v) is 9.03. The Balaban J connectivity index is 2.18. The predicted molar refractivity (Wildman–Crippen MR) is 88.9 cm³/mol. The van der Waals surface area contributed by atoms with Gasteiger partial charge < -0.3 is 5.32 Å². The molecule has 2 aliphatic rings. The minimum Gasteiger partial charge on any atom is -0.379 e. The van der Waals surface area contributed by atoms with Crippen molar-refractivity contribution in [1.82, 2.24) is 0 Å². The average Bonchev–Trinajstić information content (AvgIpc) is 2.75. The standard InChI is InChI=1S/C14H18NS3/c1-8-5-6-10-9(7-8)11-12(14(2,3)15-10)17-18-13(11)16-4/h5-7,11-12,15H,1-4H3/q+1/t11-,12+/m0/s1. The van der Waals surface area contributed by atoms with Crippen molar-refractivity contribution >= 4 is 42.8 Å². The summed E-state index contributed by atoms with van der Waals surface area (Å²) < 4.78 is 1.56. The lowest BCUT2D eigenvalue weighted by atomic mass is 9.80. The molecule has 0 aromatic heterocycles. The van der Waals surface area contributed by atoms with Gasteiger partial charge in [-0.25, -0.2) is 0 Å². The van der Waals surface area contributed by atoms with E-state index in [0.717, 1.165) is 0 Å². The van der Waals surface area contributed by atoms with Crippen molar-refractivity contribution in [2.45, 2.75) is 37.5 Å². The second kappa shape index (κ2) is 4.43. The van der Waals surface area contributed by atoms with Gasteiger partial charge in [0.15, 0.2) is 17.6 Å². The van der Waals surface area contributed by atoms with E-state index in [4.69, 9.17) is 0 Å². The highest BCUT2D eigenvalue weighted by Gasteiger charge is 2.51. The molecule has 0 radical (unpaired) electrons. The summed E-state index contributed by atoms with van der Waals surface area (Å²) in [7, 11) is 4.01. The van der Waals surface area contributed by atoms with Crippen molar-refractivity contribution < 1.29 is 0 Å². The zero-order valence-electron chi connectivity index (χ0n) is 11.1. The minimum atomic E-state index is 0.155. The Morgan fingerprint density at radius 3 is 2.83 bits per heavy atom. The summed E-state index contributed by atoms with van der Waals surface area (Å²) >= 11 is 1.92. The lowest BCUT2D eigenvalue weighted by molar-refractivity contribution is 0.507. The molecule has 2 heterocycles. The van der Waals surface area contributed by atoms with Crippen LogP contribution in [0.1, 0.15) is 30.9 Å². The van der Waals surface area contributed by atoms with Gasteiger partial charge in [-0.1, -0.05) is 28.5 Å². The van der Waals surface area contributed by atoms with Crippen LogP contribution in [-0.2, 0) is 11.4 Å². The fraction of sp³-hybridized carbons (Fsp3) is 0.500. The van der Waals surface area contributed by atoms with Crippen LogP contribution in [0.5, 0.6) is 0 Å². The van der Waals surface area contributed by atoms with E-state index in [0.29, 0.717) is 11.2 Å². The number of hydrogen-bond acceptors (Lipinski definition) is 3. The molecule has 0 spiro atoms. The SMILES string of the molecule is C[S+]=C1SS[C@@H]2[C@@H]1c1cc(C)ccc1NC2(C)C. The molecule has 1 aromatic carbocycles. The second-order valence-electron chi connectivity index (χ2n) is 5.54. The normalized spacial score (nSPS) is 30.8. The van der Waals surface area contributed by atoms with Crippen LogP contribution in [0.25, 0.3) is 0 Å². The van der Waals surface area contributed by atoms with E-state index in [1.807, 2.05) is 32.9 Å². The topological polar surface area (TPSA) is 12.0 Å². The first-order valence-corrected chi connectivity index (χ1v) is 9.59. The van der Waals surface area contributed by atoms with Crippen molar-refractivity contribution in [2.75, 3.05) is 11.6 Å². The largest absolute Gasteiger partial charge is 0.379 e. The third-order valence-electron chi connectivity index (χ3n) is 3.70. The molecule has 0 amide bonds. The summed E-state index contributed by atoms with van der Waals surface area (Å²) in [6, 6.07) is 6.81. The summed E-state index contributed by atoms with van der Waals surface area (Å²) in [4.78, 5) is 0. The Kier molecular flexibility index (Phi) is 3.15. The van der Waals surface area contributed by atoms with Gasteiger partial charge in [0.2, 0.25) is 0 Å². The number of fused-ring (bicyclic) bond motifs is 3. The first-order chi connectivity index (χ1) is 8.53. The van der Waals surface area contributed by atoms with Crippen LogP contribution in [0.2, 0.25) is 0 Å². The highest BCUT2D eigenvalue weighted by Crippen LogP contribution is 2.56.